The molecule has 4 rings (SSSR count). The summed E-state index contributed by atoms with van der Waals surface area (Å²) >= 11 is 0. The largest absolute Gasteiger partial charge is 0.416 e. The average molecular weight is 562 g/mol. The van der Waals surface area contributed by atoms with Gasteiger partial charge in [0, 0.05) is 45.0 Å². The molecule has 0 bridgehead atoms. The van der Waals surface area contributed by atoms with E-state index in [4.69, 9.17) is 4.74 Å². The van der Waals surface area contributed by atoms with Crippen molar-refractivity contribution in [1.82, 2.24) is 9.80 Å². The molecule has 2 saturated heterocycles. The third-order valence-electron chi connectivity index (χ3n) is 7.33. The van der Waals surface area contributed by atoms with Crippen LogP contribution in [0.15, 0.2) is 36.4 Å². The molecule has 0 N–H and O–H groups in total. The smallest absolute Gasteiger partial charge is 0.379 e. The summed E-state index contributed by atoms with van der Waals surface area (Å²) in [4.78, 5) is 19.0. The third kappa shape index (κ3) is 6.84. The molecule has 2 atom stereocenters. The van der Waals surface area contributed by atoms with Crippen LogP contribution in [-0.4, -0.2) is 67.7 Å². The molecule has 1 amide bonds. The zero-order valence-corrected chi connectivity index (χ0v) is 21.6. The summed E-state index contributed by atoms with van der Waals surface area (Å²) in [5, 5.41) is 0. The first kappa shape index (κ1) is 29.1. The van der Waals surface area contributed by atoms with Crippen molar-refractivity contribution in [3.05, 3.63) is 64.5 Å². The Morgan fingerprint density at radius 3 is 2.15 bits per heavy atom. The Labute approximate surface area is 222 Å². The first-order chi connectivity index (χ1) is 18.2. The highest BCUT2D eigenvalue weighted by Gasteiger charge is 2.40. The van der Waals surface area contributed by atoms with E-state index < -0.39 is 47.8 Å². The van der Waals surface area contributed by atoms with Gasteiger partial charge in [0.15, 0.2) is 0 Å². The Bertz CT molecular complexity index is 1150. The molecule has 0 aromatic heterocycles. The molecule has 2 fully saturated rings. The summed E-state index contributed by atoms with van der Waals surface area (Å²) in [6.45, 7) is 4.27. The topological polar surface area (TPSA) is 36.0 Å². The van der Waals surface area contributed by atoms with Crippen molar-refractivity contribution in [2.45, 2.75) is 50.7 Å². The fraction of sp³-hybridized carbons (Fsp3) is 0.519. The standard InChI is InChI=1S/C27H30F7N3O2/c1-17-11-21(28)3-4-23(17)37-6-5-22(36-7-9-39-10-8-36)15-24(37)25(38)35(2)16-18-12-19(26(29,30)31)14-20(13-18)27(32,33)34/h3-4,11-14,22,24H,5-10,15-16H2,1-2H3. The van der Waals surface area contributed by atoms with Gasteiger partial charge < -0.3 is 14.5 Å². The zero-order chi connectivity index (χ0) is 28.5. The van der Waals surface area contributed by atoms with Crippen molar-refractivity contribution >= 4 is 11.6 Å². The second-order valence-electron chi connectivity index (χ2n) is 10.1. The van der Waals surface area contributed by atoms with Gasteiger partial charge in [0.1, 0.15) is 11.9 Å². The van der Waals surface area contributed by atoms with Gasteiger partial charge in [-0.05, 0) is 67.3 Å². The lowest BCUT2D eigenvalue weighted by molar-refractivity contribution is -0.143. The number of amides is 1. The predicted molar refractivity (Wildman–Crippen MR) is 131 cm³/mol. The van der Waals surface area contributed by atoms with E-state index in [2.05, 4.69) is 4.90 Å². The van der Waals surface area contributed by atoms with E-state index in [1.54, 1.807) is 13.0 Å². The Morgan fingerprint density at radius 2 is 1.59 bits per heavy atom. The molecule has 2 aliphatic heterocycles. The van der Waals surface area contributed by atoms with Crippen LogP contribution in [0.2, 0.25) is 0 Å². The number of benzene rings is 2. The van der Waals surface area contributed by atoms with Crippen LogP contribution in [0.25, 0.3) is 0 Å². The Kier molecular flexibility index (Phi) is 8.46. The fourth-order valence-electron chi connectivity index (χ4n) is 5.40. The van der Waals surface area contributed by atoms with Crippen molar-refractivity contribution < 1.29 is 40.3 Å². The molecule has 39 heavy (non-hydrogen) atoms. The molecule has 2 aliphatic rings. The molecule has 0 radical (unpaired) electrons. The van der Waals surface area contributed by atoms with Crippen LogP contribution in [0.3, 0.4) is 0 Å². The van der Waals surface area contributed by atoms with Crippen LogP contribution in [-0.2, 0) is 28.4 Å². The number of rotatable bonds is 5. The number of halogens is 7. The minimum absolute atomic E-state index is 0.0404. The van der Waals surface area contributed by atoms with E-state index in [1.165, 1.54) is 19.2 Å². The minimum Gasteiger partial charge on any atom is -0.379 e. The number of likely N-dealkylation sites (N-methyl/N-ethyl adjacent to an activating group) is 1. The summed E-state index contributed by atoms with van der Waals surface area (Å²) in [6.07, 6.45) is -8.84. The molecule has 2 aromatic rings. The molecular weight excluding hydrogens is 531 g/mol. The summed E-state index contributed by atoms with van der Waals surface area (Å²) in [5.41, 5.74) is -1.86. The minimum atomic E-state index is -4.98. The number of nitrogens with zero attached hydrogens (tertiary/aromatic N) is 3. The number of carbonyl (C=O) groups is 1. The lowest BCUT2D eigenvalue weighted by Gasteiger charge is -2.46. The highest BCUT2D eigenvalue weighted by atomic mass is 19.4. The molecule has 2 aromatic carbocycles. The number of alkyl halides is 6. The first-order valence-corrected chi connectivity index (χ1v) is 12.6. The Morgan fingerprint density at radius 1 is 0.974 bits per heavy atom. The molecule has 214 valence electrons. The van der Waals surface area contributed by atoms with E-state index >= 15 is 0 Å². The van der Waals surface area contributed by atoms with E-state index in [0.29, 0.717) is 62.7 Å². The third-order valence-corrected chi connectivity index (χ3v) is 7.33. The van der Waals surface area contributed by atoms with Gasteiger partial charge in [-0.1, -0.05) is 0 Å². The first-order valence-electron chi connectivity index (χ1n) is 12.6. The normalized spacial score (nSPS) is 21.2. The van der Waals surface area contributed by atoms with Crippen molar-refractivity contribution in [2.75, 3.05) is 44.8 Å². The monoisotopic (exact) mass is 561 g/mol. The molecule has 0 spiro atoms. The summed E-state index contributed by atoms with van der Waals surface area (Å²) in [7, 11) is 1.36. The number of carbonyl (C=O) groups excluding carboxylic acids is 1. The number of ether oxygens (including phenoxy) is 1. The molecule has 2 unspecified atom stereocenters. The summed E-state index contributed by atoms with van der Waals surface area (Å²) in [5.74, 6) is -0.868. The van der Waals surface area contributed by atoms with Crippen LogP contribution in [0, 0.1) is 12.7 Å². The van der Waals surface area contributed by atoms with Gasteiger partial charge in [0.25, 0.3) is 0 Å². The van der Waals surface area contributed by atoms with Crippen LogP contribution >= 0.6 is 0 Å². The number of aryl methyl sites for hydroxylation is 1. The zero-order valence-electron chi connectivity index (χ0n) is 21.6. The number of morpholine rings is 1. The van der Waals surface area contributed by atoms with Crippen LogP contribution in [0.5, 0.6) is 0 Å². The number of hydrogen-bond acceptors (Lipinski definition) is 4. The van der Waals surface area contributed by atoms with Gasteiger partial charge in [0.2, 0.25) is 5.91 Å². The lowest BCUT2D eigenvalue weighted by atomic mass is 9.93. The van der Waals surface area contributed by atoms with Crippen molar-refractivity contribution in [1.29, 1.82) is 0 Å². The molecule has 12 heteroatoms. The molecule has 2 heterocycles. The summed E-state index contributed by atoms with van der Waals surface area (Å²) in [6, 6.07) is 4.88. The highest BCUT2D eigenvalue weighted by Crippen LogP contribution is 2.37. The van der Waals surface area contributed by atoms with Crippen molar-refractivity contribution in [3.63, 3.8) is 0 Å². The molecule has 0 saturated carbocycles. The van der Waals surface area contributed by atoms with Gasteiger partial charge >= 0.3 is 12.4 Å². The van der Waals surface area contributed by atoms with Gasteiger partial charge in [-0.25, -0.2) is 4.39 Å². The Hall–Kier alpha value is -2.86. The molecule has 0 aliphatic carbocycles. The maximum Gasteiger partial charge on any atom is 0.416 e. The number of piperidine rings is 1. The quantitative estimate of drug-likeness (QED) is 0.452. The van der Waals surface area contributed by atoms with E-state index in [1.807, 2.05) is 4.90 Å². The van der Waals surface area contributed by atoms with E-state index in [9.17, 15) is 35.5 Å². The molecular formula is C27H30F7N3O2. The maximum atomic E-state index is 13.8. The number of anilines is 1. The lowest BCUT2D eigenvalue weighted by Crippen LogP contribution is -2.57. The SMILES string of the molecule is Cc1cc(F)ccc1N1CCC(N2CCOCC2)CC1C(=O)N(C)Cc1cc(C(F)(F)F)cc(C(F)(F)F)c1. The van der Waals surface area contributed by atoms with Gasteiger partial charge in [0.05, 0.1) is 24.3 Å². The maximum absolute atomic E-state index is 13.8. The van der Waals surface area contributed by atoms with Crippen LogP contribution in [0.4, 0.5) is 36.4 Å². The van der Waals surface area contributed by atoms with Crippen LogP contribution < -0.4 is 4.90 Å². The molecule has 5 nitrogen and oxygen atoms in total. The summed E-state index contributed by atoms with van der Waals surface area (Å²) < 4.78 is 99.4. The van der Waals surface area contributed by atoms with E-state index in [-0.39, 0.29) is 17.7 Å². The second kappa shape index (κ2) is 11.3. The highest BCUT2D eigenvalue weighted by molar-refractivity contribution is 5.86. The Balaban J connectivity index is 1.62. The van der Waals surface area contributed by atoms with Gasteiger partial charge in [-0.3, -0.25) is 9.69 Å². The second-order valence-corrected chi connectivity index (χ2v) is 10.1. The van der Waals surface area contributed by atoms with Crippen LogP contribution in [0.1, 0.15) is 35.1 Å². The van der Waals surface area contributed by atoms with E-state index in [0.717, 1.165) is 11.3 Å². The van der Waals surface area contributed by atoms with Gasteiger partial charge in [-0.2, -0.15) is 26.3 Å². The van der Waals surface area contributed by atoms with Gasteiger partial charge in [-0.15, -0.1) is 0 Å². The predicted octanol–water partition coefficient (Wildman–Crippen LogP) is 5.50. The van der Waals surface area contributed by atoms with Crippen molar-refractivity contribution in [3.8, 4) is 0 Å². The average Bonchev–Trinajstić information content (AvgIpc) is 2.87. The number of hydrogen-bond donors (Lipinski definition) is 0. The van der Waals surface area contributed by atoms with Crippen molar-refractivity contribution in [2.24, 2.45) is 0 Å². The fourth-order valence-corrected chi connectivity index (χ4v) is 5.40.